The number of aliphatic hydroxyl groups is 1. The maximum Gasteiger partial charge on any atom is 0.259 e. The molecule has 2 saturated heterocycles. The van der Waals surface area contributed by atoms with Gasteiger partial charge in [0.2, 0.25) is 11.7 Å². The lowest BCUT2D eigenvalue weighted by Gasteiger charge is -2.55. The van der Waals surface area contributed by atoms with E-state index < -0.39 is 16.6 Å². The molecule has 0 bridgehead atoms. The van der Waals surface area contributed by atoms with Crippen molar-refractivity contribution in [1.82, 2.24) is 24.9 Å². The van der Waals surface area contributed by atoms with Crippen molar-refractivity contribution in [3.05, 3.63) is 65.3 Å². The van der Waals surface area contributed by atoms with E-state index in [1.165, 1.54) is 5.56 Å². The number of nitrogens with zero attached hydrogens (tertiary/aromatic N) is 5. The van der Waals surface area contributed by atoms with Crippen molar-refractivity contribution in [3.8, 4) is 11.4 Å². The molecular weight excluding hydrogens is 494 g/mol. The van der Waals surface area contributed by atoms with Crippen LogP contribution in [-0.2, 0) is 20.7 Å². The van der Waals surface area contributed by atoms with Gasteiger partial charge in [-0.05, 0) is 30.2 Å². The number of ether oxygens (including phenoxy) is 1. The van der Waals surface area contributed by atoms with E-state index in [-0.39, 0.29) is 5.91 Å². The first-order valence-electron chi connectivity index (χ1n) is 13.6. The fraction of sp³-hybridized carbons (Fsp3) is 0.533. The first kappa shape index (κ1) is 27.4. The van der Waals surface area contributed by atoms with Crippen LogP contribution in [-0.4, -0.2) is 76.3 Å². The molecule has 0 aliphatic carbocycles. The lowest BCUT2D eigenvalue weighted by molar-refractivity contribution is -0.136. The fourth-order valence-electron chi connectivity index (χ4n) is 6.32. The zero-order valence-electron chi connectivity index (χ0n) is 23.8. The minimum Gasteiger partial charge on any atom is -0.380 e. The molecule has 0 radical (unpaired) electrons. The van der Waals surface area contributed by atoms with Crippen molar-refractivity contribution in [3.63, 3.8) is 0 Å². The van der Waals surface area contributed by atoms with Crippen molar-refractivity contribution >= 4 is 5.91 Å². The molecule has 208 valence electrons. The molecule has 0 spiro atoms. The summed E-state index contributed by atoms with van der Waals surface area (Å²) in [6.07, 6.45) is 4.56. The second-order valence-corrected chi connectivity index (χ2v) is 11.8. The Bertz CT molecular complexity index is 1320. The average molecular weight is 534 g/mol. The van der Waals surface area contributed by atoms with Gasteiger partial charge in [-0.25, -0.2) is 0 Å². The standard InChI is InChI=1S/C30H39N5O4/c1-20(2)22-7-9-24(10-8-22)30(37,28(4)18-34(5)19-28)25-15-23(16-31-17-25)26-32-27(39-33-26)29(38-6)11-13-35(14-12-29)21(3)36/h7-10,15-17,20,37H,11-14,18-19H2,1-6H3/t30-/m0/s1. The van der Waals surface area contributed by atoms with E-state index >= 15 is 0 Å². The topological polar surface area (TPSA) is 105 Å². The van der Waals surface area contributed by atoms with Crippen molar-refractivity contribution in [2.45, 2.75) is 57.7 Å². The maximum absolute atomic E-state index is 12.5. The molecule has 5 rings (SSSR count). The number of piperidine rings is 1. The molecular formula is C30H39N5O4. The lowest BCUT2D eigenvalue weighted by atomic mass is 9.62. The summed E-state index contributed by atoms with van der Waals surface area (Å²) in [6, 6.07) is 10.2. The van der Waals surface area contributed by atoms with Gasteiger partial charge in [-0.15, -0.1) is 0 Å². The van der Waals surface area contributed by atoms with Crippen LogP contribution in [0, 0.1) is 5.41 Å². The van der Waals surface area contributed by atoms with Crippen LogP contribution in [0.2, 0.25) is 0 Å². The van der Waals surface area contributed by atoms with Crippen molar-refractivity contribution in [1.29, 1.82) is 0 Å². The van der Waals surface area contributed by atoms with Gasteiger partial charge >= 0.3 is 0 Å². The third-order valence-corrected chi connectivity index (χ3v) is 8.74. The summed E-state index contributed by atoms with van der Waals surface area (Å²) in [5.74, 6) is 1.23. The smallest absolute Gasteiger partial charge is 0.259 e. The van der Waals surface area contributed by atoms with Crippen LogP contribution in [0.15, 0.2) is 47.2 Å². The first-order chi connectivity index (χ1) is 18.5. The van der Waals surface area contributed by atoms with Gasteiger partial charge in [0.05, 0.1) is 0 Å². The lowest BCUT2D eigenvalue weighted by Crippen LogP contribution is -2.63. The van der Waals surface area contributed by atoms with Crippen LogP contribution in [0.1, 0.15) is 69.0 Å². The molecule has 9 nitrogen and oxygen atoms in total. The highest BCUT2D eigenvalue weighted by atomic mass is 16.5. The number of pyridine rings is 1. The van der Waals surface area contributed by atoms with Crippen molar-refractivity contribution < 1.29 is 19.2 Å². The Hall–Kier alpha value is -3.14. The molecule has 2 fully saturated rings. The molecule has 0 unspecified atom stereocenters. The molecule has 2 aliphatic heterocycles. The van der Waals surface area contributed by atoms with E-state index in [0.717, 1.165) is 18.7 Å². The summed E-state index contributed by atoms with van der Waals surface area (Å²) >= 11 is 0. The molecule has 2 aromatic heterocycles. The largest absolute Gasteiger partial charge is 0.380 e. The molecule has 9 heteroatoms. The van der Waals surface area contributed by atoms with Gasteiger partial charge in [-0.3, -0.25) is 9.78 Å². The third kappa shape index (κ3) is 4.66. The number of likely N-dealkylation sites (tertiary alicyclic amines) is 2. The number of benzene rings is 1. The van der Waals surface area contributed by atoms with E-state index in [9.17, 15) is 9.90 Å². The Balaban J connectivity index is 1.50. The predicted octanol–water partition coefficient (Wildman–Crippen LogP) is 3.93. The number of carbonyl (C=O) groups excluding carboxylic acids is 1. The molecule has 1 N–H and O–H groups in total. The number of carbonyl (C=O) groups is 1. The van der Waals surface area contributed by atoms with Crippen molar-refractivity contribution in [2.75, 3.05) is 40.3 Å². The molecule has 1 amide bonds. The molecule has 3 aromatic rings. The van der Waals surface area contributed by atoms with Crippen LogP contribution in [0.25, 0.3) is 11.4 Å². The summed E-state index contributed by atoms with van der Waals surface area (Å²) < 4.78 is 11.6. The van der Waals surface area contributed by atoms with Gasteiger partial charge in [0, 0.05) is 82.0 Å². The first-order valence-corrected chi connectivity index (χ1v) is 13.6. The molecule has 2 aliphatic rings. The molecule has 4 heterocycles. The highest BCUT2D eigenvalue weighted by molar-refractivity contribution is 5.73. The van der Waals surface area contributed by atoms with E-state index in [4.69, 9.17) is 14.2 Å². The second kappa shape index (κ2) is 10.1. The molecule has 0 saturated carbocycles. The van der Waals surface area contributed by atoms with Gasteiger partial charge in [0.25, 0.3) is 5.89 Å². The molecule has 39 heavy (non-hydrogen) atoms. The van der Waals surface area contributed by atoms with E-state index in [1.807, 2.05) is 18.2 Å². The van der Waals surface area contributed by atoms with Gasteiger partial charge in [0.1, 0.15) is 11.2 Å². The fourth-order valence-corrected chi connectivity index (χ4v) is 6.32. The number of aromatic nitrogens is 3. The summed E-state index contributed by atoms with van der Waals surface area (Å²) in [6.45, 7) is 10.7. The van der Waals surface area contributed by atoms with Crippen LogP contribution in [0.3, 0.4) is 0 Å². The quantitative estimate of drug-likeness (QED) is 0.487. The number of methoxy groups -OCH3 is 1. The van der Waals surface area contributed by atoms with Crippen LogP contribution < -0.4 is 0 Å². The Morgan fingerprint density at radius 2 is 1.79 bits per heavy atom. The molecule has 1 atom stereocenters. The summed E-state index contributed by atoms with van der Waals surface area (Å²) in [4.78, 5) is 25.0. The van der Waals surface area contributed by atoms with Crippen LogP contribution >= 0.6 is 0 Å². The normalized spacial score (nSPS) is 20.5. The highest BCUT2D eigenvalue weighted by Crippen LogP contribution is 2.50. The average Bonchev–Trinajstić information content (AvgIpc) is 3.43. The van der Waals surface area contributed by atoms with E-state index in [1.54, 1.807) is 31.3 Å². The third-order valence-electron chi connectivity index (χ3n) is 8.74. The predicted molar refractivity (Wildman–Crippen MR) is 147 cm³/mol. The van der Waals surface area contributed by atoms with E-state index in [2.05, 4.69) is 55.0 Å². The van der Waals surface area contributed by atoms with Crippen LogP contribution in [0.5, 0.6) is 0 Å². The molecule has 1 aromatic carbocycles. The Morgan fingerprint density at radius 1 is 1.13 bits per heavy atom. The summed E-state index contributed by atoms with van der Waals surface area (Å²) in [5, 5.41) is 16.8. The van der Waals surface area contributed by atoms with Crippen LogP contribution in [0.4, 0.5) is 0 Å². The van der Waals surface area contributed by atoms with Crippen molar-refractivity contribution in [2.24, 2.45) is 5.41 Å². The highest BCUT2D eigenvalue weighted by Gasteiger charge is 2.55. The van der Waals surface area contributed by atoms with Gasteiger partial charge in [0.15, 0.2) is 0 Å². The number of rotatable bonds is 7. The minimum atomic E-state index is -1.27. The maximum atomic E-state index is 12.5. The Labute approximate surface area is 230 Å². The zero-order valence-corrected chi connectivity index (χ0v) is 23.8. The zero-order chi connectivity index (χ0) is 28.0. The number of hydrogen-bond acceptors (Lipinski definition) is 8. The Kier molecular flexibility index (Phi) is 7.11. The SMILES string of the molecule is COC1(c2nc(-c3cncc([C@@](O)(c4ccc(C(C)C)cc4)C4(C)CN(C)C4)c3)no2)CCN(C(C)=O)CC1. The Morgan fingerprint density at radius 3 is 2.36 bits per heavy atom. The second-order valence-electron chi connectivity index (χ2n) is 11.8. The summed E-state index contributed by atoms with van der Waals surface area (Å²) in [5.41, 5.74) is 0.992. The number of amides is 1. The van der Waals surface area contributed by atoms with Gasteiger partial charge in [-0.1, -0.05) is 50.2 Å². The van der Waals surface area contributed by atoms with E-state index in [0.29, 0.717) is 54.7 Å². The monoisotopic (exact) mass is 533 g/mol. The van der Waals surface area contributed by atoms with Gasteiger partial charge in [-0.2, -0.15) is 4.98 Å². The summed E-state index contributed by atoms with van der Waals surface area (Å²) in [7, 11) is 3.70. The minimum absolute atomic E-state index is 0.0477. The van der Waals surface area contributed by atoms with Gasteiger partial charge < -0.3 is 24.2 Å². The number of hydrogen-bond donors (Lipinski definition) is 1.